The van der Waals surface area contributed by atoms with Crippen LogP contribution in [0.25, 0.3) is 0 Å². The van der Waals surface area contributed by atoms with Gasteiger partial charge in [-0.2, -0.15) is 13.2 Å². The molecular formula is C25H28F4N2O3. The molecule has 2 aliphatic carbocycles. The van der Waals surface area contributed by atoms with E-state index in [0.29, 0.717) is 12.8 Å². The molecule has 184 valence electrons. The Morgan fingerprint density at radius 2 is 1.59 bits per heavy atom. The third-order valence-corrected chi connectivity index (χ3v) is 7.08. The number of halogens is 4. The lowest BCUT2D eigenvalue weighted by molar-refractivity contribution is -0.191. The minimum Gasteiger partial charge on any atom is -0.326 e. The Morgan fingerprint density at radius 1 is 1.00 bits per heavy atom. The van der Waals surface area contributed by atoms with Crippen LogP contribution in [0.2, 0.25) is 0 Å². The third-order valence-electron chi connectivity index (χ3n) is 7.08. The zero-order valence-corrected chi connectivity index (χ0v) is 19.2. The van der Waals surface area contributed by atoms with E-state index in [4.69, 9.17) is 0 Å². The first-order valence-corrected chi connectivity index (χ1v) is 11.6. The number of nitrogens with zero attached hydrogens (tertiary/aromatic N) is 1. The molecule has 2 amide bonds. The van der Waals surface area contributed by atoms with Gasteiger partial charge in [0.1, 0.15) is 5.82 Å². The number of nitrogens with one attached hydrogen (secondary N) is 1. The van der Waals surface area contributed by atoms with E-state index in [1.807, 2.05) is 5.32 Å². The summed E-state index contributed by atoms with van der Waals surface area (Å²) in [5, 5.41) is 1.90. The number of carbonyl (C=O) groups is 3. The second kappa shape index (κ2) is 8.50. The molecule has 9 heteroatoms. The molecule has 0 spiro atoms. The predicted octanol–water partition coefficient (Wildman–Crippen LogP) is 5.06. The first kappa shape index (κ1) is 24.4. The maximum atomic E-state index is 14.9. The summed E-state index contributed by atoms with van der Waals surface area (Å²) in [5.74, 6) is -3.96. The molecule has 1 saturated carbocycles. The highest BCUT2D eigenvalue weighted by Gasteiger charge is 2.72. The first-order valence-electron chi connectivity index (χ1n) is 11.6. The van der Waals surface area contributed by atoms with Gasteiger partial charge in [-0.25, -0.2) is 4.39 Å². The maximum absolute atomic E-state index is 14.9. The van der Waals surface area contributed by atoms with Crippen LogP contribution in [0.5, 0.6) is 0 Å². The summed E-state index contributed by atoms with van der Waals surface area (Å²) in [4.78, 5) is 41.1. The minimum absolute atomic E-state index is 0.0786. The third kappa shape index (κ3) is 4.03. The van der Waals surface area contributed by atoms with Crippen LogP contribution in [0.15, 0.2) is 35.5 Å². The number of hydrogen-bond acceptors (Lipinski definition) is 3. The highest BCUT2D eigenvalue weighted by Crippen LogP contribution is 2.53. The predicted molar refractivity (Wildman–Crippen MR) is 116 cm³/mol. The lowest BCUT2D eigenvalue weighted by atomic mass is 9.72. The molecule has 5 nitrogen and oxygen atoms in total. The lowest BCUT2D eigenvalue weighted by Crippen LogP contribution is -2.66. The zero-order chi connectivity index (χ0) is 24.9. The average Bonchev–Trinajstić information content (AvgIpc) is 2.88. The smallest absolute Gasteiger partial charge is 0.326 e. The lowest BCUT2D eigenvalue weighted by Gasteiger charge is -2.36. The summed E-state index contributed by atoms with van der Waals surface area (Å²) < 4.78 is 57.9. The van der Waals surface area contributed by atoms with Gasteiger partial charge in [0.05, 0.1) is 5.57 Å². The van der Waals surface area contributed by atoms with Gasteiger partial charge in [0.2, 0.25) is 5.54 Å². The van der Waals surface area contributed by atoms with Gasteiger partial charge < -0.3 is 10.2 Å². The van der Waals surface area contributed by atoms with Gasteiger partial charge in [-0.1, -0.05) is 39.5 Å². The number of carbonyl (C=O) groups excluding carboxylic acids is 3. The Bertz CT molecular complexity index is 1040. The molecule has 34 heavy (non-hydrogen) atoms. The number of hydrogen-bond donors (Lipinski definition) is 1. The quantitative estimate of drug-likeness (QED) is 0.486. The van der Waals surface area contributed by atoms with Gasteiger partial charge in [-0.15, -0.1) is 0 Å². The molecule has 1 heterocycles. The van der Waals surface area contributed by atoms with E-state index in [2.05, 4.69) is 0 Å². The molecule has 0 saturated heterocycles. The molecular weight excluding hydrogens is 452 g/mol. The standard InChI is InChI=1S/C25H28F4N2O3/c1-23(2)13-18-20(19(32)14-23)24(25(27,28)29,30-21(33)15-9-11-16(26)12-10-15)22(34)31(18)17-7-5-3-4-6-8-17/h9-12,17H,3-8,13-14H2,1-2H3,(H,30,33). The van der Waals surface area contributed by atoms with Crippen molar-refractivity contribution < 1.29 is 31.9 Å². The van der Waals surface area contributed by atoms with E-state index in [9.17, 15) is 31.9 Å². The largest absolute Gasteiger partial charge is 0.425 e. The summed E-state index contributed by atoms with van der Waals surface area (Å²) in [5.41, 5.74) is -4.91. The topological polar surface area (TPSA) is 66.5 Å². The van der Waals surface area contributed by atoms with E-state index in [0.717, 1.165) is 49.9 Å². The van der Waals surface area contributed by atoms with Gasteiger partial charge in [-0.3, -0.25) is 14.4 Å². The van der Waals surface area contributed by atoms with E-state index >= 15 is 0 Å². The summed E-state index contributed by atoms with van der Waals surface area (Å²) in [6.45, 7) is 3.57. The van der Waals surface area contributed by atoms with Crippen molar-refractivity contribution in [1.29, 1.82) is 0 Å². The summed E-state index contributed by atoms with van der Waals surface area (Å²) in [6, 6.07) is 3.51. The number of benzene rings is 1. The van der Waals surface area contributed by atoms with E-state index in [-0.39, 0.29) is 24.1 Å². The van der Waals surface area contributed by atoms with Gasteiger partial charge in [0.15, 0.2) is 5.78 Å². The fraction of sp³-hybridized carbons (Fsp3) is 0.560. The van der Waals surface area contributed by atoms with Crippen LogP contribution in [-0.4, -0.2) is 40.3 Å². The van der Waals surface area contributed by atoms with E-state index in [1.165, 1.54) is 4.90 Å². The summed E-state index contributed by atoms with van der Waals surface area (Å²) >= 11 is 0. The number of amides is 2. The Hall–Kier alpha value is -2.71. The first-order chi connectivity index (χ1) is 15.9. The van der Waals surface area contributed by atoms with Crippen LogP contribution in [-0.2, 0) is 9.59 Å². The Morgan fingerprint density at radius 3 is 2.15 bits per heavy atom. The second-order valence-electron chi connectivity index (χ2n) is 10.3. The molecule has 0 aromatic heterocycles. The van der Waals surface area contributed by atoms with Crippen LogP contribution in [0.1, 0.15) is 75.6 Å². The molecule has 1 aromatic rings. The molecule has 1 unspecified atom stereocenters. The van der Waals surface area contributed by atoms with Crippen molar-refractivity contribution in [3.8, 4) is 0 Å². The average molecular weight is 481 g/mol. The highest BCUT2D eigenvalue weighted by molar-refractivity contribution is 6.14. The van der Waals surface area contributed by atoms with Crippen molar-refractivity contribution >= 4 is 17.6 Å². The Labute approximate surface area is 195 Å². The Kier molecular flexibility index (Phi) is 6.10. The SMILES string of the molecule is CC1(C)CC(=O)C2=C(C1)N(C1CCCCCC1)C(=O)C2(NC(=O)c1ccc(F)cc1)C(F)(F)F. The molecule has 1 N–H and O–H groups in total. The number of rotatable bonds is 3. The maximum Gasteiger partial charge on any atom is 0.425 e. The van der Waals surface area contributed by atoms with Gasteiger partial charge in [-0.05, 0) is 48.9 Å². The number of alkyl halides is 3. The molecule has 0 bridgehead atoms. The van der Waals surface area contributed by atoms with Crippen molar-refractivity contribution in [1.82, 2.24) is 10.2 Å². The van der Waals surface area contributed by atoms with Crippen molar-refractivity contribution in [3.63, 3.8) is 0 Å². The highest BCUT2D eigenvalue weighted by atomic mass is 19.4. The second-order valence-corrected chi connectivity index (χ2v) is 10.3. The Balaban J connectivity index is 1.86. The van der Waals surface area contributed by atoms with Crippen molar-refractivity contribution in [3.05, 3.63) is 46.9 Å². The minimum atomic E-state index is -5.25. The molecule has 1 fully saturated rings. The fourth-order valence-corrected chi connectivity index (χ4v) is 5.53. The van der Waals surface area contributed by atoms with Crippen LogP contribution < -0.4 is 5.32 Å². The van der Waals surface area contributed by atoms with Crippen LogP contribution in [0, 0.1) is 11.2 Å². The molecule has 1 aliphatic heterocycles. The van der Waals surface area contributed by atoms with Gasteiger partial charge >= 0.3 is 6.18 Å². The van der Waals surface area contributed by atoms with Crippen LogP contribution >= 0.6 is 0 Å². The van der Waals surface area contributed by atoms with Gasteiger partial charge in [0, 0.05) is 23.7 Å². The number of Topliss-reactive ketones (excluding diaryl/α,β-unsaturated/α-hetero) is 1. The summed E-state index contributed by atoms with van der Waals surface area (Å²) in [6.07, 6.45) is -0.806. The zero-order valence-electron chi connectivity index (χ0n) is 19.2. The normalized spacial score (nSPS) is 25.9. The van der Waals surface area contributed by atoms with Crippen molar-refractivity contribution in [2.24, 2.45) is 5.41 Å². The molecule has 1 atom stereocenters. The van der Waals surface area contributed by atoms with Gasteiger partial charge in [0.25, 0.3) is 11.8 Å². The number of ketones is 1. The molecule has 3 aliphatic rings. The van der Waals surface area contributed by atoms with Crippen molar-refractivity contribution in [2.75, 3.05) is 0 Å². The monoisotopic (exact) mass is 480 g/mol. The number of allylic oxidation sites excluding steroid dienone is 1. The molecule has 4 rings (SSSR count). The molecule has 0 radical (unpaired) electrons. The van der Waals surface area contributed by atoms with E-state index < -0.39 is 52.2 Å². The van der Waals surface area contributed by atoms with E-state index in [1.54, 1.807) is 13.8 Å². The molecule has 1 aromatic carbocycles. The van der Waals surface area contributed by atoms with Crippen LogP contribution in [0.4, 0.5) is 17.6 Å². The van der Waals surface area contributed by atoms with Crippen molar-refractivity contribution in [2.45, 2.75) is 83.0 Å². The summed E-state index contributed by atoms with van der Waals surface area (Å²) in [7, 11) is 0. The fourth-order valence-electron chi connectivity index (χ4n) is 5.53. The van der Waals surface area contributed by atoms with Crippen LogP contribution in [0.3, 0.4) is 0 Å².